The number of nitrogens with one attached hydrogen (secondary N) is 1. The standard InChI is InChI=1S/C19H20N2O2/c1-13-8-9-15-16(12-20-11-14-6-4-3-5-7-14)18(19(22)23)21(2)17(15)10-13/h3-10,20H,11-12H2,1-2H3,(H,22,23). The molecule has 0 saturated carbocycles. The van der Waals surface area contributed by atoms with Gasteiger partial charge in [0.2, 0.25) is 0 Å². The van der Waals surface area contributed by atoms with Gasteiger partial charge in [-0.15, -0.1) is 0 Å². The lowest BCUT2D eigenvalue weighted by Crippen LogP contribution is -2.16. The smallest absolute Gasteiger partial charge is 0.352 e. The van der Waals surface area contributed by atoms with Crippen LogP contribution in [0.15, 0.2) is 48.5 Å². The Balaban J connectivity index is 1.92. The molecule has 2 aromatic carbocycles. The Bertz CT molecular complexity index is 851. The van der Waals surface area contributed by atoms with Crippen LogP contribution in [0.5, 0.6) is 0 Å². The molecule has 0 aliphatic heterocycles. The van der Waals surface area contributed by atoms with Crippen molar-refractivity contribution >= 4 is 16.9 Å². The molecule has 0 radical (unpaired) electrons. The highest BCUT2D eigenvalue weighted by Gasteiger charge is 2.20. The third-order valence-corrected chi connectivity index (χ3v) is 4.14. The average Bonchev–Trinajstić information content (AvgIpc) is 2.81. The van der Waals surface area contributed by atoms with Crippen LogP contribution < -0.4 is 5.32 Å². The van der Waals surface area contributed by atoms with E-state index in [0.29, 0.717) is 18.8 Å². The molecular formula is C19H20N2O2. The van der Waals surface area contributed by atoms with Crippen LogP contribution in [0.1, 0.15) is 27.2 Å². The maximum absolute atomic E-state index is 11.7. The van der Waals surface area contributed by atoms with E-state index in [9.17, 15) is 9.90 Å². The van der Waals surface area contributed by atoms with Gasteiger partial charge in [0, 0.05) is 36.6 Å². The van der Waals surface area contributed by atoms with E-state index in [-0.39, 0.29) is 0 Å². The van der Waals surface area contributed by atoms with Crippen molar-refractivity contribution in [2.75, 3.05) is 0 Å². The fourth-order valence-electron chi connectivity index (χ4n) is 3.00. The molecule has 0 aliphatic rings. The predicted octanol–water partition coefficient (Wildman–Crippen LogP) is 3.47. The molecule has 4 heteroatoms. The van der Waals surface area contributed by atoms with Crippen LogP contribution in [-0.4, -0.2) is 15.6 Å². The first kappa shape index (κ1) is 15.3. The van der Waals surface area contributed by atoms with Gasteiger partial charge in [-0.1, -0.05) is 42.5 Å². The number of aryl methyl sites for hydroxylation is 2. The van der Waals surface area contributed by atoms with Gasteiger partial charge in [-0.05, 0) is 24.1 Å². The zero-order chi connectivity index (χ0) is 16.4. The fourth-order valence-corrected chi connectivity index (χ4v) is 3.00. The van der Waals surface area contributed by atoms with Gasteiger partial charge in [0.05, 0.1) is 0 Å². The molecule has 0 fully saturated rings. The summed E-state index contributed by atoms with van der Waals surface area (Å²) in [5, 5.41) is 13.9. The summed E-state index contributed by atoms with van der Waals surface area (Å²) < 4.78 is 1.77. The van der Waals surface area contributed by atoms with Crippen LogP contribution in [0.2, 0.25) is 0 Å². The van der Waals surface area contributed by atoms with Gasteiger partial charge in [-0.3, -0.25) is 0 Å². The molecule has 0 bridgehead atoms. The highest BCUT2D eigenvalue weighted by Crippen LogP contribution is 2.26. The molecule has 1 aromatic heterocycles. The van der Waals surface area contributed by atoms with Gasteiger partial charge in [0.1, 0.15) is 5.69 Å². The molecule has 3 rings (SSSR count). The number of nitrogens with zero attached hydrogens (tertiary/aromatic N) is 1. The Labute approximate surface area is 135 Å². The van der Waals surface area contributed by atoms with Crippen molar-refractivity contribution in [1.82, 2.24) is 9.88 Å². The van der Waals surface area contributed by atoms with Crippen LogP contribution in [-0.2, 0) is 20.1 Å². The zero-order valence-corrected chi connectivity index (χ0v) is 13.3. The van der Waals surface area contributed by atoms with Crippen LogP contribution in [0.3, 0.4) is 0 Å². The number of hydrogen-bond donors (Lipinski definition) is 2. The molecule has 0 spiro atoms. The lowest BCUT2D eigenvalue weighted by atomic mass is 10.1. The summed E-state index contributed by atoms with van der Waals surface area (Å²) in [6.45, 7) is 3.25. The van der Waals surface area contributed by atoms with Crippen LogP contribution in [0.25, 0.3) is 10.9 Å². The van der Waals surface area contributed by atoms with Crippen LogP contribution in [0.4, 0.5) is 0 Å². The van der Waals surface area contributed by atoms with Crippen molar-refractivity contribution in [3.05, 3.63) is 70.9 Å². The molecule has 4 nitrogen and oxygen atoms in total. The highest BCUT2D eigenvalue weighted by atomic mass is 16.4. The van der Waals surface area contributed by atoms with Gasteiger partial charge >= 0.3 is 5.97 Å². The number of benzene rings is 2. The van der Waals surface area contributed by atoms with Crippen molar-refractivity contribution in [3.8, 4) is 0 Å². The summed E-state index contributed by atoms with van der Waals surface area (Å²) in [5.41, 5.74) is 4.45. The van der Waals surface area contributed by atoms with Crippen LogP contribution >= 0.6 is 0 Å². The minimum absolute atomic E-state index is 0.353. The first-order valence-corrected chi connectivity index (χ1v) is 7.64. The number of carbonyl (C=O) groups is 1. The van der Waals surface area contributed by atoms with Crippen molar-refractivity contribution in [2.45, 2.75) is 20.0 Å². The number of hydrogen-bond acceptors (Lipinski definition) is 2. The number of aromatic carboxylic acids is 1. The van der Waals surface area contributed by atoms with Gasteiger partial charge in [-0.2, -0.15) is 0 Å². The summed E-state index contributed by atoms with van der Waals surface area (Å²) in [7, 11) is 1.81. The van der Waals surface area contributed by atoms with E-state index in [0.717, 1.165) is 22.0 Å². The second kappa shape index (κ2) is 6.26. The predicted molar refractivity (Wildman–Crippen MR) is 91.6 cm³/mol. The van der Waals surface area contributed by atoms with E-state index in [2.05, 4.69) is 17.4 Å². The maximum atomic E-state index is 11.7. The first-order valence-electron chi connectivity index (χ1n) is 7.64. The largest absolute Gasteiger partial charge is 0.477 e. The van der Waals surface area contributed by atoms with Gasteiger partial charge in [0.25, 0.3) is 0 Å². The Hall–Kier alpha value is -2.59. The molecule has 0 unspecified atom stereocenters. The molecule has 1 heterocycles. The summed E-state index contributed by atoms with van der Waals surface area (Å²) in [5.74, 6) is -0.891. The number of fused-ring (bicyclic) bond motifs is 1. The Morgan fingerprint density at radius 3 is 2.57 bits per heavy atom. The average molecular weight is 308 g/mol. The Morgan fingerprint density at radius 1 is 1.13 bits per heavy atom. The third-order valence-electron chi connectivity index (χ3n) is 4.14. The highest BCUT2D eigenvalue weighted by molar-refractivity contribution is 5.98. The SMILES string of the molecule is Cc1ccc2c(CNCc3ccccc3)c(C(=O)O)n(C)c2c1. The quantitative estimate of drug-likeness (QED) is 0.759. The summed E-state index contributed by atoms with van der Waals surface area (Å²) in [4.78, 5) is 11.7. The number of carboxylic acids is 1. The molecule has 0 atom stereocenters. The maximum Gasteiger partial charge on any atom is 0.352 e. The third kappa shape index (κ3) is 2.98. The van der Waals surface area contributed by atoms with E-state index in [4.69, 9.17) is 0 Å². The second-order valence-electron chi connectivity index (χ2n) is 5.80. The van der Waals surface area contributed by atoms with E-state index in [1.165, 1.54) is 5.56 Å². The summed E-state index contributed by atoms with van der Waals surface area (Å²) >= 11 is 0. The molecule has 23 heavy (non-hydrogen) atoms. The topological polar surface area (TPSA) is 54.3 Å². The fraction of sp³-hybridized carbons (Fsp3) is 0.211. The van der Waals surface area contributed by atoms with Crippen molar-refractivity contribution in [2.24, 2.45) is 7.05 Å². The Morgan fingerprint density at radius 2 is 1.87 bits per heavy atom. The summed E-state index contributed by atoms with van der Waals surface area (Å²) in [6, 6.07) is 16.2. The number of aromatic nitrogens is 1. The van der Waals surface area contributed by atoms with Gasteiger partial charge < -0.3 is 15.0 Å². The monoisotopic (exact) mass is 308 g/mol. The van der Waals surface area contributed by atoms with E-state index >= 15 is 0 Å². The first-order chi connectivity index (χ1) is 11.1. The van der Waals surface area contributed by atoms with Crippen molar-refractivity contribution < 1.29 is 9.90 Å². The second-order valence-corrected chi connectivity index (χ2v) is 5.80. The zero-order valence-electron chi connectivity index (χ0n) is 13.3. The molecule has 0 amide bonds. The molecule has 0 saturated heterocycles. The van der Waals surface area contributed by atoms with Gasteiger partial charge in [-0.25, -0.2) is 4.79 Å². The van der Waals surface area contributed by atoms with E-state index < -0.39 is 5.97 Å². The van der Waals surface area contributed by atoms with Crippen molar-refractivity contribution in [1.29, 1.82) is 0 Å². The molecular weight excluding hydrogens is 288 g/mol. The van der Waals surface area contributed by atoms with E-state index in [1.54, 1.807) is 4.57 Å². The molecule has 0 aliphatic carbocycles. The van der Waals surface area contributed by atoms with Crippen LogP contribution in [0, 0.1) is 6.92 Å². The molecule has 2 N–H and O–H groups in total. The van der Waals surface area contributed by atoms with E-state index in [1.807, 2.05) is 50.4 Å². The van der Waals surface area contributed by atoms with Gasteiger partial charge in [0.15, 0.2) is 0 Å². The number of rotatable bonds is 5. The minimum atomic E-state index is -0.891. The Kier molecular flexibility index (Phi) is 4.17. The summed E-state index contributed by atoms with van der Waals surface area (Å²) in [6.07, 6.45) is 0. The lowest BCUT2D eigenvalue weighted by molar-refractivity contribution is 0.0685. The van der Waals surface area contributed by atoms with Crippen molar-refractivity contribution in [3.63, 3.8) is 0 Å². The molecule has 118 valence electrons. The lowest BCUT2D eigenvalue weighted by Gasteiger charge is -2.06. The minimum Gasteiger partial charge on any atom is -0.477 e. The number of carboxylic acid groups (broad SMARTS) is 1. The normalized spacial score (nSPS) is 11.0. The molecule has 3 aromatic rings.